The van der Waals surface area contributed by atoms with Crippen molar-refractivity contribution in [3.05, 3.63) is 42.1 Å². The van der Waals surface area contributed by atoms with Crippen LogP contribution >= 0.6 is 34.3 Å². The molecule has 3 unspecified atom stereocenters. The summed E-state index contributed by atoms with van der Waals surface area (Å²) in [6.45, 7) is 39.8. The molecule has 0 bridgehead atoms. The fourth-order valence-electron chi connectivity index (χ4n) is 5.62. The van der Waals surface area contributed by atoms with Gasteiger partial charge in [0.05, 0.1) is 74.4 Å². The number of phosphoric ester groups is 1. The fourth-order valence-corrected chi connectivity index (χ4v) is 11.6. The average molecular weight is 1260 g/mol. The van der Waals surface area contributed by atoms with E-state index in [2.05, 4.69) is 9.69 Å². The minimum Gasteiger partial charge on any atom is -0.405 e. The van der Waals surface area contributed by atoms with Crippen LogP contribution in [0, 0.1) is 32.4 Å². The molecule has 3 aliphatic heterocycles. The molecule has 0 spiro atoms. The van der Waals surface area contributed by atoms with Crippen molar-refractivity contribution in [3.63, 3.8) is 0 Å². The predicted molar refractivity (Wildman–Crippen MR) is 247 cm³/mol. The van der Waals surface area contributed by atoms with Gasteiger partial charge < -0.3 is 47.2 Å². The average Bonchev–Trinajstić information content (AvgIpc) is 3.81. The molecule has 67 heavy (non-hydrogen) atoms. The molecular weight excluding hydrogens is 1180 g/mol. The minimum atomic E-state index is -3.78. The van der Waals surface area contributed by atoms with Crippen LogP contribution in [0.2, 0.25) is 0 Å². The first-order valence-electron chi connectivity index (χ1n) is 22.0. The first kappa shape index (κ1) is 73.9. The van der Waals surface area contributed by atoms with Crippen molar-refractivity contribution >= 4 is 34.3 Å². The Bertz CT molecular complexity index is 1420. The van der Waals surface area contributed by atoms with E-state index in [9.17, 15) is 13.7 Å². The Hall–Kier alpha value is 2.68. The molecule has 0 amide bonds. The van der Waals surface area contributed by atoms with Crippen molar-refractivity contribution in [2.24, 2.45) is 0 Å². The second-order valence-electron chi connectivity index (χ2n) is 16.6. The number of rotatable bonds is 27. The van der Waals surface area contributed by atoms with E-state index in [0.29, 0.717) is 25.6 Å². The van der Waals surface area contributed by atoms with E-state index in [1.165, 1.54) is 0 Å². The molecule has 18 nitrogen and oxygen atoms in total. The fraction of sp³-hybridized carbons (Fsp3) is 0.881. The summed E-state index contributed by atoms with van der Waals surface area (Å²) in [5, 5.41) is 0. The van der Waals surface area contributed by atoms with E-state index in [0.717, 1.165) is 11.4 Å². The van der Waals surface area contributed by atoms with E-state index in [-0.39, 0.29) is 197 Å². The zero-order chi connectivity index (χ0) is 48.6. The van der Waals surface area contributed by atoms with Crippen LogP contribution in [-0.4, -0.2) is 137 Å². The van der Waals surface area contributed by atoms with E-state index < -0.39 is 35.1 Å². The van der Waals surface area contributed by atoms with Gasteiger partial charge in [-0.3, -0.25) is 32.8 Å². The largest absolute Gasteiger partial charge is 0.695 e. The number of nitrogens with zero attached hydrogens (tertiary/aromatic N) is 2. The van der Waals surface area contributed by atoms with Crippen LogP contribution in [-0.2, 0) is 172 Å². The SMILES string of the molecule is CC(C)OC[C@H]1O[C@@H](C)[CH-][C@H]1O[P+](=O)OC(C)C.[C-]#[N+]CCOP(=O)(OC(C)C)O[C@@H]1[CH-][C@H](C)O[C@@H]1COC(C)C.[C-]#[N+]CCSP(=O)(OC(C)C)O[C@@H]1[CH-][C@H](C)O[C@@H]1COC(C)C.[Y].[Y].[Y]. The van der Waals surface area contributed by atoms with Crippen LogP contribution in [0.4, 0.5) is 0 Å². The molecule has 0 aromatic heterocycles. The molecule has 383 valence electrons. The van der Waals surface area contributed by atoms with Gasteiger partial charge >= 0.3 is 22.9 Å². The monoisotopic (exact) mass is 1260 g/mol. The van der Waals surface area contributed by atoms with Gasteiger partial charge in [0.1, 0.15) is 12.7 Å². The third-order valence-corrected chi connectivity index (χ3v) is 14.6. The predicted octanol–water partition coefficient (Wildman–Crippen LogP) is 10.1. The van der Waals surface area contributed by atoms with Crippen LogP contribution in [0.5, 0.6) is 0 Å². The summed E-state index contributed by atoms with van der Waals surface area (Å²) in [5.41, 5.74) is 0. The molecule has 0 aliphatic carbocycles. The van der Waals surface area contributed by atoms with Crippen LogP contribution in [0.25, 0.3) is 9.69 Å². The molecular formula is C42H77N2O16P3SY3-2. The summed E-state index contributed by atoms with van der Waals surface area (Å²) in [6, 6.07) is 0. The number of phosphoric acid groups is 1. The third-order valence-electron chi connectivity index (χ3n) is 8.02. The minimum absolute atomic E-state index is 0. The summed E-state index contributed by atoms with van der Waals surface area (Å²) >= 11 is 1.07. The maximum absolute atomic E-state index is 12.9. The van der Waals surface area contributed by atoms with Gasteiger partial charge in [-0.25, -0.2) is 22.3 Å². The topological polar surface area (TPSA) is 180 Å². The van der Waals surface area contributed by atoms with Crippen LogP contribution < -0.4 is 0 Å². The zero-order valence-electron chi connectivity index (χ0n) is 42.3. The standard InChI is InChI=1S/C15H27NO6P.C15H27NO5PS.C12H23O5P.3Y/c1-11(2)18-10-15-14(9-13(5)20-15)22-23(17,21-12(3)4)19-8-7-16-6;1-11(2)18-10-15-14(9-13(5)19-15)21-22(17,20-12(3)4)23-8-7-16-6;1-8(2)14-7-12-11(6-10(5)15-12)17-18(13)16-9(3)4;;;/h2*9,11-15H,7-8,10H2,1-5H3;6,8-12H,7H2,1-5H3;;;/q2*-1;;;;/t13-,14+,15+,23?;13-,14+,15+,22?;10-,11+,12+;;;/m000.../s1. The first-order chi connectivity index (χ1) is 29.9. The van der Waals surface area contributed by atoms with Gasteiger partial charge in [-0.05, 0) is 107 Å². The van der Waals surface area contributed by atoms with Crippen molar-refractivity contribution in [1.29, 1.82) is 0 Å². The van der Waals surface area contributed by atoms with Crippen LogP contribution in [0.15, 0.2) is 0 Å². The second kappa shape index (κ2) is 40.0. The summed E-state index contributed by atoms with van der Waals surface area (Å²) in [7, 11) is -5.90. The van der Waals surface area contributed by atoms with Gasteiger partial charge in [-0.2, -0.15) is 0 Å². The maximum atomic E-state index is 12.9. The van der Waals surface area contributed by atoms with Crippen molar-refractivity contribution < 1.29 is 172 Å². The first-order valence-corrected chi connectivity index (χ1v) is 27.6. The molecule has 3 saturated heterocycles. The summed E-state index contributed by atoms with van der Waals surface area (Å²) in [5.74, 6) is 0.407. The molecule has 0 N–H and O–H groups in total. The Labute approximate surface area is 483 Å². The Morgan fingerprint density at radius 1 is 0.597 bits per heavy atom. The van der Waals surface area contributed by atoms with Crippen molar-refractivity contribution in [3.8, 4) is 0 Å². The number of hydrogen-bond donors (Lipinski definition) is 0. The van der Waals surface area contributed by atoms with Gasteiger partial charge in [0.15, 0.2) is 0 Å². The Kier molecular flexibility index (Phi) is 44.1. The van der Waals surface area contributed by atoms with Crippen molar-refractivity contribution in [2.45, 2.75) is 195 Å². The second-order valence-corrected chi connectivity index (χ2v) is 23.1. The van der Waals surface area contributed by atoms with Crippen LogP contribution in [0.1, 0.15) is 104 Å². The molecule has 0 saturated carbocycles. The van der Waals surface area contributed by atoms with Gasteiger partial charge in [0.25, 0.3) is 0 Å². The Morgan fingerprint density at radius 3 is 1.39 bits per heavy atom. The molecule has 3 aliphatic rings. The maximum Gasteiger partial charge on any atom is 0.695 e. The summed E-state index contributed by atoms with van der Waals surface area (Å²) in [4.78, 5) is 6.44. The molecule has 3 radical (unpaired) electrons. The van der Waals surface area contributed by atoms with E-state index in [1.807, 2.05) is 109 Å². The zero-order valence-corrected chi connectivity index (χ0v) is 54.3. The number of ether oxygens (including phenoxy) is 6. The van der Waals surface area contributed by atoms with E-state index in [1.54, 1.807) is 13.8 Å². The summed E-state index contributed by atoms with van der Waals surface area (Å²) < 4.78 is 109. The smallest absolute Gasteiger partial charge is 0.405 e. The van der Waals surface area contributed by atoms with Crippen LogP contribution in [0.3, 0.4) is 0 Å². The van der Waals surface area contributed by atoms with Gasteiger partial charge in [0.2, 0.25) is 13.1 Å². The van der Waals surface area contributed by atoms with Crippen molar-refractivity contribution in [2.75, 3.05) is 45.3 Å². The Morgan fingerprint density at radius 2 is 1.00 bits per heavy atom. The molecule has 25 heteroatoms. The Balaban J connectivity index is -0.000000904. The van der Waals surface area contributed by atoms with Gasteiger partial charge in [-0.1, -0.05) is 39.1 Å². The van der Waals surface area contributed by atoms with Gasteiger partial charge in [-0.15, -0.1) is 9.05 Å². The third kappa shape index (κ3) is 34.8. The molecule has 0 aromatic rings. The number of hydrogen-bond acceptors (Lipinski definition) is 17. The van der Waals surface area contributed by atoms with E-state index in [4.69, 9.17) is 73.2 Å². The van der Waals surface area contributed by atoms with Crippen molar-refractivity contribution in [1.82, 2.24) is 0 Å². The quantitative estimate of drug-likeness (QED) is 0.0430. The normalized spacial score (nSPS) is 26.6. The van der Waals surface area contributed by atoms with Gasteiger partial charge in [0, 0.05) is 109 Å². The summed E-state index contributed by atoms with van der Waals surface area (Å²) in [6.07, 6.45) is 2.62. The molecule has 0 aromatic carbocycles. The molecule has 3 rings (SSSR count). The molecule has 3 fully saturated rings. The molecule has 12 atom stereocenters. The molecule has 3 heterocycles. The van der Waals surface area contributed by atoms with E-state index >= 15 is 0 Å².